The molecule has 0 aromatic heterocycles. The van der Waals surface area contributed by atoms with Crippen LogP contribution in [0.2, 0.25) is 5.02 Å². The monoisotopic (exact) mass is 387 g/mol. The van der Waals surface area contributed by atoms with Gasteiger partial charge in [0.05, 0.1) is 11.3 Å². The summed E-state index contributed by atoms with van der Waals surface area (Å²) in [5.74, 6) is -0.342. The molecule has 25 heavy (non-hydrogen) atoms. The Balaban J connectivity index is 0.00000312. The van der Waals surface area contributed by atoms with E-state index in [4.69, 9.17) is 17.3 Å². The molecule has 140 valence electrons. The average Bonchev–Trinajstić information content (AvgIpc) is 2.56. The fourth-order valence-corrected chi connectivity index (χ4v) is 3.54. The zero-order valence-electron chi connectivity index (χ0n) is 14.6. The molecule has 0 unspecified atom stereocenters. The topological polar surface area (TPSA) is 84.2 Å². The van der Waals surface area contributed by atoms with E-state index in [2.05, 4.69) is 10.6 Å². The van der Waals surface area contributed by atoms with E-state index in [1.165, 1.54) is 6.42 Å². The number of hydrogen-bond acceptors (Lipinski definition) is 3. The largest absolute Gasteiger partial charge is 0.352 e. The number of anilines is 1. The van der Waals surface area contributed by atoms with Crippen LogP contribution < -0.4 is 16.4 Å². The highest BCUT2D eigenvalue weighted by Gasteiger charge is 2.33. The molecule has 0 radical (unpaired) electrons. The lowest BCUT2D eigenvalue weighted by molar-refractivity contribution is -0.118. The Morgan fingerprint density at radius 2 is 1.92 bits per heavy atom. The van der Waals surface area contributed by atoms with Crippen molar-refractivity contribution >= 4 is 41.5 Å². The second kappa shape index (κ2) is 10.00. The summed E-state index contributed by atoms with van der Waals surface area (Å²) in [4.78, 5) is 24.7. The molecule has 0 spiro atoms. The van der Waals surface area contributed by atoms with Gasteiger partial charge < -0.3 is 16.4 Å². The molecule has 1 aliphatic rings. The first-order valence-corrected chi connectivity index (χ1v) is 8.95. The Morgan fingerprint density at radius 3 is 2.52 bits per heavy atom. The van der Waals surface area contributed by atoms with Crippen LogP contribution in [0.1, 0.15) is 55.8 Å². The van der Waals surface area contributed by atoms with E-state index in [1.54, 1.807) is 18.2 Å². The molecule has 1 aromatic carbocycles. The molecule has 1 aromatic rings. The third-order valence-corrected chi connectivity index (χ3v) is 4.96. The molecule has 0 heterocycles. The Morgan fingerprint density at radius 1 is 1.24 bits per heavy atom. The minimum absolute atomic E-state index is 0. The Hall–Kier alpha value is -1.30. The van der Waals surface area contributed by atoms with Crippen molar-refractivity contribution in [3.05, 3.63) is 28.8 Å². The van der Waals surface area contributed by atoms with E-state index in [9.17, 15) is 9.59 Å². The average molecular weight is 388 g/mol. The molecule has 1 aliphatic carbocycles. The summed E-state index contributed by atoms with van der Waals surface area (Å²) in [6.45, 7) is 2.88. The molecule has 0 atom stereocenters. The van der Waals surface area contributed by atoms with E-state index in [0.29, 0.717) is 35.8 Å². The maximum absolute atomic E-state index is 12.5. The van der Waals surface area contributed by atoms with Crippen LogP contribution in [0.3, 0.4) is 0 Å². The number of nitrogens with one attached hydrogen (secondary N) is 2. The van der Waals surface area contributed by atoms with Gasteiger partial charge in [-0.2, -0.15) is 0 Å². The number of amides is 2. The van der Waals surface area contributed by atoms with Crippen molar-refractivity contribution in [2.45, 2.75) is 45.4 Å². The van der Waals surface area contributed by atoms with Gasteiger partial charge in [0.2, 0.25) is 5.91 Å². The molecule has 0 saturated heterocycles. The highest BCUT2D eigenvalue weighted by molar-refractivity contribution is 6.31. The van der Waals surface area contributed by atoms with Crippen molar-refractivity contribution in [2.75, 3.05) is 18.4 Å². The van der Waals surface area contributed by atoms with E-state index in [0.717, 1.165) is 25.7 Å². The van der Waals surface area contributed by atoms with Gasteiger partial charge in [-0.1, -0.05) is 30.9 Å². The number of nitrogens with two attached hydrogens (primary N) is 1. The van der Waals surface area contributed by atoms with Crippen molar-refractivity contribution in [3.8, 4) is 0 Å². The van der Waals surface area contributed by atoms with Gasteiger partial charge in [0.15, 0.2) is 0 Å². The fraction of sp³-hybridized carbons (Fsp3) is 0.556. The van der Waals surface area contributed by atoms with Crippen molar-refractivity contribution in [1.29, 1.82) is 0 Å². The smallest absolute Gasteiger partial charge is 0.253 e. The van der Waals surface area contributed by atoms with Crippen LogP contribution in [0.4, 0.5) is 5.69 Å². The molecule has 0 aliphatic heterocycles. The van der Waals surface area contributed by atoms with E-state index in [-0.39, 0.29) is 29.6 Å². The Bertz CT molecular complexity index is 602. The molecular formula is C18H27Cl2N3O2. The van der Waals surface area contributed by atoms with Crippen LogP contribution in [0, 0.1) is 5.41 Å². The number of halogens is 2. The molecule has 1 saturated carbocycles. The Kier molecular flexibility index (Phi) is 8.69. The van der Waals surface area contributed by atoms with Gasteiger partial charge in [0.25, 0.3) is 5.91 Å². The molecule has 4 N–H and O–H groups in total. The van der Waals surface area contributed by atoms with Crippen LogP contribution >= 0.6 is 24.0 Å². The molecular weight excluding hydrogens is 361 g/mol. The summed E-state index contributed by atoms with van der Waals surface area (Å²) in [7, 11) is 0. The summed E-state index contributed by atoms with van der Waals surface area (Å²) in [5, 5.41) is 6.08. The maximum atomic E-state index is 12.5. The van der Waals surface area contributed by atoms with Gasteiger partial charge in [-0.05, 0) is 49.9 Å². The summed E-state index contributed by atoms with van der Waals surface area (Å²) in [6, 6.07) is 4.88. The minimum Gasteiger partial charge on any atom is -0.352 e. The van der Waals surface area contributed by atoms with Gasteiger partial charge in [0, 0.05) is 18.0 Å². The lowest BCUT2D eigenvalue weighted by atomic mass is 9.71. The van der Waals surface area contributed by atoms with Crippen LogP contribution in [0.15, 0.2) is 18.2 Å². The normalized spacial score (nSPS) is 15.8. The lowest BCUT2D eigenvalue weighted by Gasteiger charge is -2.35. The first-order valence-electron chi connectivity index (χ1n) is 8.57. The fourth-order valence-electron chi connectivity index (χ4n) is 3.36. The molecule has 2 amide bonds. The zero-order valence-corrected chi connectivity index (χ0v) is 16.1. The summed E-state index contributed by atoms with van der Waals surface area (Å²) >= 11 is 6.03. The van der Waals surface area contributed by atoms with Gasteiger partial charge in [-0.25, -0.2) is 0 Å². The molecule has 2 rings (SSSR count). The molecule has 7 heteroatoms. The number of benzene rings is 1. The lowest BCUT2D eigenvalue weighted by Crippen LogP contribution is -2.36. The highest BCUT2D eigenvalue weighted by Crippen LogP contribution is 2.38. The number of carbonyl (C=O) groups is 2. The van der Waals surface area contributed by atoms with Crippen LogP contribution in [0.25, 0.3) is 0 Å². The maximum Gasteiger partial charge on any atom is 0.253 e. The van der Waals surface area contributed by atoms with Crippen molar-refractivity contribution < 1.29 is 9.59 Å². The SMILES string of the molecule is CCNC(=O)c1ccc(Cl)cc1NC(=O)CC1(CN)CCCCC1.Cl. The standard InChI is InChI=1S/C18H26ClN3O2.ClH/c1-2-21-17(24)14-7-6-13(19)10-15(14)22-16(23)11-18(12-20)8-4-3-5-9-18;/h6-7,10H,2-5,8-9,11-12,20H2,1H3,(H,21,24)(H,22,23);1H. The molecule has 1 fully saturated rings. The Labute approximate surface area is 160 Å². The van der Waals surface area contributed by atoms with E-state index >= 15 is 0 Å². The first-order chi connectivity index (χ1) is 11.5. The third-order valence-electron chi connectivity index (χ3n) is 4.72. The third kappa shape index (κ3) is 5.87. The zero-order chi connectivity index (χ0) is 17.6. The van der Waals surface area contributed by atoms with Gasteiger partial charge in [0.1, 0.15) is 0 Å². The van der Waals surface area contributed by atoms with E-state index < -0.39 is 0 Å². The summed E-state index contributed by atoms with van der Waals surface area (Å²) < 4.78 is 0. The number of hydrogen-bond donors (Lipinski definition) is 3. The van der Waals surface area contributed by atoms with E-state index in [1.807, 2.05) is 6.92 Å². The van der Waals surface area contributed by atoms with Gasteiger partial charge in [-0.15, -0.1) is 12.4 Å². The minimum atomic E-state index is -0.226. The predicted octanol–water partition coefficient (Wildman–Crippen LogP) is 3.75. The second-order valence-corrected chi connectivity index (χ2v) is 6.98. The molecule has 5 nitrogen and oxygen atoms in total. The predicted molar refractivity (Wildman–Crippen MR) is 105 cm³/mol. The summed E-state index contributed by atoms with van der Waals surface area (Å²) in [5.41, 5.74) is 6.70. The summed E-state index contributed by atoms with van der Waals surface area (Å²) in [6.07, 6.45) is 5.78. The van der Waals surface area contributed by atoms with Crippen LogP contribution in [-0.2, 0) is 4.79 Å². The first kappa shape index (κ1) is 21.7. The van der Waals surface area contributed by atoms with Crippen molar-refractivity contribution in [2.24, 2.45) is 11.1 Å². The van der Waals surface area contributed by atoms with Crippen molar-refractivity contribution in [3.63, 3.8) is 0 Å². The number of rotatable bonds is 6. The van der Waals surface area contributed by atoms with Gasteiger partial charge >= 0.3 is 0 Å². The quantitative estimate of drug-likeness (QED) is 0.694. The van der Waals surface area contributed by atoms with Crippen LogP contribution in [0.5, 0.6) is 0 Å². The van der Waals surface area contributed by atoms with Gasteiger partial charge in [-0.3, -0.25) is 9.59 Å². The molecule has 0 bridgehead atoms. The highest BCUT2D eigenvalue weighted by atomic mass is 35.5. The van der Waals surface area contributed by atoms with Crippen molar-refractivity contribution in [1.82, 2.24) is 5.32 Å². The second-order valence-electron chi connectivity index (χ2n) is 6.54. The van der Waals surface area contributed by atoms with Crippen LogP contribution in [-0.4, -0.2) is 24.9 Å². The number of carbonyl (C=O) groups excluding carboxylic acids is 2.